The van der Waals surface area contributed by atoms with Gasteiger partial charge in [0, 0.05) is 6.04 Å². The molecule has 1 saturated carbocycles. The van der Waals surface area contributed by atoms with Crippen molar-refractivity contribution in [3.05, 3.63) is 0 Å². The van der Waals surface area contributed by atoms with E-state index in [4.69, 9.17) is 5.73 Å². The molecule has 1 fully saturated rings. The average molecular weight is 169 g/mol. The lowest BCUT2D eigenvalue weighted by Gasteiger charge is -2.18. The quantitative estimate of drug-likeness (QED) is 0.688. The van der Waals surface area contributed by atoms with Gasteiger partial charge in [-0.1, -0.05) is 33.1 Å². The van der Waals surface area contributed by atoms with Gasteiger partial charge < -0.3 is 5.73 Å². The highest BCUT2D eigenvalue weighted by atomic mass is 14.7. The molecule has 1 heteroatoms. The highest BCUT2D eigenvalue weighted by Crippen LogP contribution is 2.35. The summed E-state index contributed by atoms with van der Waals surface area (Å²) < 4.78 is 0. The maximum atomic E-state index is 6.11. The standard InChI is InChI=1S/C11H23N/c1-3-5-11(12)10-7-6-9(4-2)8-10/h9-11H,3-8,12H2,1-2H3. The Morgan fingerprint density at radius 3 is 2.58 bits per heavy atom. The summed E-state index contributed by atoms with van der Waals surface area (Å²) in [5, 5.41) is 0. The topological polar surface area (TPSA) is 26.0 Å². The zero-order valence-electron chi connectivity index (χ0n) is 8.55. The first-order valence-electron chi connectivity index (χ1n) is 5.53. The van der Waals surface area contributed by atoms with Gasteiger partial charge in [0.1, 0.15) is 0 Å². The summed E-state index contributed by atoms with van der Waals surface area (Å²) in [5.74, 6) is 1.83. The molecule has 3 unspecified atom stereocenters. The summed E-state index contributed by atoms with van der Waals surface area (Å²) in [6, 6.07) is 0.492. The zero-order valence-corrected chi connectivity index (χ0v) is 8.55. The van der Waals surface area contributed by atoms with Gasteiger partial charge in [0.2, 0.25) is 0 Å². The highest BCUT2D eigenvalue weighted by Gasteiger charge is 2.27. The Kier molecular flexibility index (Phi) is 4.07. The van der Waals surface area contributed by atoms with Gasteiger partial charge >= 0.3 is 0 Å². The lowest BCUT2D eigenvalue weighted by atomic mass is 9.93. The predicted molar refractivity (Wildman–Crippen MR) is 54.0 cm³/mol. The molecule has 72 valence electrons. The van der Waals surface area contributed by atoms with Crippen LogP contribution in [-0.2, 0) is 0 Å². The number of hydrogen-bond donors (Lipinski definition) is 1. The molecule has 0 aromatic carbocycles. The molecule has 0 spiro atoms. The second kappa shape index (κ2) is 4.86. The van der Waals surface area contributed by atoms with Crippen LogP contribution in [0, 0.1) is 11.8 Å². The molecule has 0 heterocycles. The molecule has 1 aliphatic rings. The van der Waals surface area contributed by atoms with Crippen molar-refractivity contribution < 1.29 is 0 Å². The van der Waals surface area contributed by atoms with Gasteiger partial charge in [-0.15, -0.1) is 0 Å². The van der Waals surface area contributed by atoms with E-state index < -0.39 is 0 Å². The summed E-state index contributed by atoms with van der Waals surface area (Å²) in [4.78, 5) is 0. The Morgan fingerprint density at radius 2 is 2.08 bits per heavy atom. The first-order valence-corrected chi connectivity index (χ1v) is 5.53. The smallest absolute Gasteiger partial charge is 0.00671 e. The van der Waals surface area contributed by atoms with E-state index in [-0.39, 0.29) is 0 Å². The number of hydrogen-bond acceptors (Lipinski definition) is 1. The van der Waals surface area contributed by atoms with Gasteiger partial charge in [-0.2, -0.15) is 0 Å². The first kappa shape index (κ1) is 10.0. The molecular formula is C11H23N. The van der Waals surface area contributed by atoms with Crippen molar-refractivity contribution in [3.63, 3.8) is 0 Å². The Hall–Kier alpha value is -0.0400. The SMILES string of the molecule is CCCC(N)C1CCC(CC)C1. The summed E-state index contributed by atoms with van der Waals surface area (Å²) in [6.07, 6.45) is 8.04. The largest absolute Gasteiger partial charge is 0.327 e. The second-order valence-electron chi connectivity index (χ2n) is 4.30. The molecule has 1 rings (SSSR count). The van der Waals surface area contributed by atoms with Crippen LogP contribution < -0.4 is 5.73 Å². The minimum absolute atomic E-state index is 0.492. The van der Waals surface area contributed by atoms with E-state index >= 15 is 0 Å². The van der Waals surface area contributed by atoms with E-state index in [1.165, 1.54) is 38.5 Å². The molecule has 2 N–H and O–H groups in total. The third-order valence-corrected chi connectivity index (χ3v) is 3.39. The molecule has 0 aliphatic heterocycles. The fourth-order valence-corrected chi connectivity index (χ4v) is 2.44. The van der Waals surface area contributed by atoms with Gasteiger partial charge in [-0.05, 0) is 31.1 Å². The van der Waals surface area contributed by atoms with E-state index in [1.807, 2.05) is 0 Å². The first-order chi connectivity index (χ1) is 5.77. The van der Waals surface area contributed by atoms with Gasteiger partial charge in [0.25, 0.3) is 0 Å². The van der Waals surface area contributed by atoms with Gasteiger partial charge in [0.05, 0.1) is 0 Å². The Labute approximate surface area is 76.7 Å². The lowest BCUT2D eigenvalue weighted by Crippen LogP contribution is -2.28. The van der Waals surface area contributed by atoms with Crippen LogP contribution in [0.25, 0.3) is 0 Å². The van der Waals surface area contributed by atoms with Crippen molar-refractivity contribution >= 4 is 0 Å². The summed E-state index contributed by atoms with van der Waals surface area (Å²) in [6.45, 7) is 4.53. The van der Waals surface area contributed by atoms with Crippen LogP contribution in [0.3, 0.4) is 0 Å². The van der Waals surface area contributed by atoms with Crippen molar-refractivity contribution in [1.82, 2.24) is 0 Å². The van der Waals surface area contributed by atoms with Crippen molar-refractivity contribution in [1.29, 1.82) is 0 Å². The third kappa shape index (κ3) is 2.48. The predicted octanol–water partition coefficient (Wildman–Crippen LogP) is 2.94. The van der Waals surface area contributed by atoms with Crippen LogP contribution in [0.1, 0.15) is 52.4 Å². The second-order valence-corrected chi connectivity index (χ2v) is 4.30. The lowest BCUT2D eigenvalue weighted by molar-refractivity contribution is 0.387. The molecule has 1 nitrogen and oxygen atoms in total. The monoisotopic (exact) mass is 169 g/mol. The molecule has 12 heavy (non-hydrogen) atoms. The summed E-state index contributed by atoms with van der Waals surface area (Å²) in [5.41, 5.74) is 6.11. The van der Waals surface area contributed by atoms with Gasteiger partial charge in [-0.3, -0.25) is 0 Å². The Morgan fingerprint density at radius 1 is 1.33 bits per heavy atom. The van der Waals surface area contributed by atoms with Crippen molar-refractivity contribution in [2.24, 2.45) is 17.6 Å². The van der Waals surface area contributed by atoms with Gasteiger partial charge in [0.15, 0.2) is 0 Å². The molecule has 0 radical (unpaired) electrons. The number of nitrogens with two attached hydrogens (primary N) is 1. The van der Waals surface area contributed by atoms with E-state index in [2.05, 4.69) is 13.8 Å². The van der Waals surface area contributed by atoms with Crippen molar-refractivity contribution in [2.45, 2.75) is 58.4 Å². The zero-order chi connectivity index (χ0) is 8.97. The van der Waals surface area contributed by atoms with Crippen LogP contribution in [0.4, 0.5) is 0 Å². The van der Waals surface area contributed by atoms with Crippen molar-refractivity contribution in [3.8, 4) is 0 Å². The highest BCUT2D eigenvalue weighted by molar-refractivity contribution is 4.81. The maximum Gasteiger partial charge on any atom is 0.00671 e. The van der Waals surface area contributed by atoms with E-state index in [9.17, 15) is 0 Å². The molecule has 0 bridgehead atoms. The van der Waals surface area contributed by atoms with Gasteiger partial charge in [-0.25, -0.2) is 0 Å². The van der Waals surface area contributed by atoms with Crippen LogP contribution in [0.15, 0.2) is 0 Å². The number of rotatable bonds is 4. The molecule has 0 aromatic heterocycles. The molecule has 0 amide bonds. The van der Waals surface area contributed by atoms with E-state index in [1.54, 1.807) is 0 Å². The normalized spacial score (nSPS) is 32.2. The molecule has 1 aliphatic carbocycles. The van der Waals surface area contributed by atoms with Crippen LogP contribution in [0.2, 0.25) is 0 Å². The third-order valence-electron chi connectivity index (χ3n) is 3.39. The molecule has 0 aromatic rings. The Balaban J connectivity index is 2.25. The maximum absolute atomic E-state index is 6.11. The summed E-state index contributed by atoms with van der Waals surface area (Å²) >= 11 is 0. The minimum Gasteiger partial charge on any atom is -0.327 e. The molecule has 3 atom stereocenters. The van der Waals surface area contributed by atoms with Crippen LogP contribution >= 0.6 is 0 Å². The molecular weight excluding hydrogens is 146 g/mol. The van der Waals surface area contributed by atoms with Crippen molar-refractivity contribution in [2.75, 3.05) is 0 Å². The summed E-state index contributed by atoms with van der Waals surface area (Å²) in [7, 11) is 0. The molecule has 0 saturated heterocycles. The Bertz CT molecular complexity index is 122. The minimum atomic E-state index is 0.492. The fraction of sp³-hybridized carbons (Fsp3) is 1.00. The van der Waals surface area contributed by atoms with Crippen LogP contribution in [0.5, 0.6) is 0 Å². The average Bonchev–Trinajstić information content (AvgIpc) is 2.52. The van der Waals surface area contributed by atoms with E-state index in [0.717, 1.165) is 11.8 Å². The van der Waals surface area contributed by atoms with Crippen LogP contribution in [-0.4, -0.2) is 6.04 Å². The fourth-order valence-electron chi connectivity index (χ4n) is 2.44. The van der Waals surface area contributed by atoms with E-state index in [0.29, 0.717) is 6.04 Å².